The molecule has 2 aliphatic heterocycles. The van der Waals surface area contributed by atoms with E-state index in [0.29, 0.717) is 0 Å². The summed E-state index contributed by atoms with van der Waals surface area (Å²) in [6, 6.07) is 0.872. The van der Waals surface area contributed by atoms with Gasteiger partial charge in [-0.1, -0.05) is 27.2 Å². The van der Waals surface area contributed by atoms with Gasteiger partial charge < -0.3 is 4.90 Å². The zero-order valence-electron chi connectivity index (χ0n) is 12.2. The van der Waals surface area contributed by atoms with Crippen LogP contribution in [0.4, 0.5) is 0 Å². The molecule has 2 heterocycles. The van der Waals surface area contributed by atoms with Crippen LogP contribution in [0.1, 0.15) is 59.3 Å². The van der Waals surface area contributed by atoms with E-state index in [1.54, 1.807) is 0 Å². The summed E-state index contributed by atoms with van der Waals surface area (Å²) < 4.78 is 0. The average Bonchev–Trinajstić information content (AvgIpc) is 2.87. The fraction of sp³-hybridized carbons (Fsp3) is 1.00. The van der Waals surface area contributed by atoms with Gasteiger partial charge >= 0.3 is 0 Å². The predicted octanol–water partition coefficient (Wildman–Crippen LogP) is 3.37. The van der Waals surface area contributed by atoms with Gasteiger partial charge in [-0.05, 0) is 58.3 Å². The molecule has 102 valence electrons. The smallest absolute Gasteiger partial charge is 0.0223 e. The highest BCUT2D eigenvalue weighted by Crippen LogP contribution is 2.19. The second kappa shape index (κ2) is 8.93. The van der Waals surface area contributed by atoms with Crippen LogP contribution in [0.5, 0.6) is 0 Å². The average molecular weight is 240 g/mol. The molecule has 17 heavy (non-hydrogen) atoms. The molecule has 0 aliphatic carbocycles. The summed E-state index contributed by atoms with van der Waals surface area (Å²) in [6.07, 6.45) is 8.50. The first kappa shape index (κ1) is 15.0. The molecule has 0 amide bonds. The van der Waals surface area contributed by atoms with Crippen LogP contribution in [0, 0.1) is 0 Å². The summed E-state index contributed by atoms with van der Waals surface area (Å²) in [6.45, 7) is 13.0. The van der Waals surface area contributed by atoms with E-state index >= 15 is 0 Å². The molecule has 1 atom stereocenters. The summed E-state index contributed by atoms with van der Waals surface area (Å²) >= 11 is 0. The van der Waals surface area contributed by atoms with Crippen LogP contribution in [0.15, 0.2) is 0 Å². The highest BCUT2D eigenvalue weighted by molar-refractivity contribution is 4.81. The maximum atomic E-state index is 2.74. The molecule has 2 aliphatic rings. The lowest BCUT2D eigenvalue weighted by Crippen LogP contribution is -2.46. The van der Waals surface area contributed by atoms with E-state index < -0.39 is 0 Å². The number of rotatable bonds is 4. The molecule has 0 aromatic heterocycles. The topological polar surface area (TPSA) is 6.48 Å². The molecule has 2 heteroatoms. The molecule has 0 aromatic rings. The lowest BCUT2D eigenvalue weighted by Gasteiger charge is -2.37. The van der Waals surface area contributed by atoms with Crippen LogP contribution in [-0.2, 0) is 0 Å². The third kappa shape index (κ3) is 4.97. The van der Waals surface area contributed by atoms with Crippen molar-refractivity contribution in [3.8, 4) is 0 Å². The maximum absolute atomic E-state index is 2.74. The van der Waals surface area contributed by atoms with Crippen molar-refractivity contribution in [1.82, 2.24) is 9.80 Å². The van der Waals surface area contributed by atoms with E-state index in [-0.39, 0.29) is 0 Å². The molecule has 2 rings (SSSR count). The maximum Gasteiger partial charge on any atom is 0.0223 e. The number of hydrogen-bond donors (Lipinski definition) is 0. The quantitative estimate of drug-likeness (QED) is 0.743. The highest BCUT2D eigenvalue weighted by atomic mass is 15.2. The zero-order valence-corrected chi connectivity index (χ0v) is 12.2. The Balaban J connectivity index is 0.000000686. The van der Waals surface area contributed by atoms with Gasteiger partial charge in [0.2, 0.25) is 0 Å². The van der Waals surface area contributed by atoms with Crippen LogP contribution in [0.3, 0.4) is 0 Å². The Morgan fingerprint density at radius 2 is 1.59 bits per heavy atom. The molecule has 0 bridgehead atoms. The van der Waals surface area contributed by atoms with Crippen molar-refractivity contribution in [3.63, 3.8) is 0 Å². The number of likely N-dealkylation sites (tertiary alicyclic amines) is 2. The van der Waals surface area contributed by atoms with Gasteiger partial charge in [-0.3, -0.25) is 4.90 Å². The fourth-order valence-electron chi connectivity index (χ4n) is 3.11. The largest absolute Gasteiger partial charge is 0.302 e. The van der Waals surface area contributed by atoms with Crippen molar-refractivity contribution >= 4 is 0 Å². The highest BCUT2D eigenvalue weighted by Gasteiger charge is 2.24. The third-order valence-electron chi connectivity index (χ3n) is 3.93. The molecular weight excluding hydrogens is 208 g/mol. The molecule has 0 N–H and O–H groups in total. The first-order chi connectivity index (χ1) is 8.40. The summed E-state index contributed by atoms with van der Waals surface area (Å²) in [7, 11) is 0. The zero-order chi connectivity index (χ0) is 12.5. The molecule has 2 saturated heterocycles. The minimum atomic E-state index is 0.872. The van der Waals surface area contributed by atoms with E-state index in [0.717, 1.165) is 6.04 Å². The Bertz CT molecular complexity index is 174. The normalized spacial score (nSPS) is 26.6. The molecule has 0 aromatic carbocycles. The molecule has 0 radical (unpaired) electrons. The van der Waals surface area contributed by atoms with E-state index in [1.165, 1.54) is 71.2 Å². The van der Waals surface area contributed by atoms with Crippen LogP contribution >= 0.6 is 0 Å². The van der Waals surface area contributed by atoms with Gasteiger partial charge in [0, 0.05) is 12.6 Å². The van der Waals surface area contributed by atoms with Gasteiger partial charge in [-0.25, -0.2) is 0 Å². The van der Waals surface area contributed by atoms with Crippen LogP contribution in [-0.4, -0.2) is 48.6 Å². The first-order valence-corrected chi connectivity index (χ1v) is 7.86. The van der Waals surface area contributed by atoms with E-state index in [1.807, 2.05) is 13.8 Å². The number of nitrogens with zero attached hydrogens (tertiary/aromatic N) is 2. The number of hydrogen-bond acceptors (Lipinski definition) is 2. The van der Waals surface area contributed by atoms with Gasteiger partial charge in [0.15, 0.2) is 0 Å². The van der Waals surface area contributed by atoms with Crippen molar-refractivity contribution in [3.05, 3.63) is 0 Å². The Morgan fingerprint density at radius 1 is 0.941 bits per heavy atom. The summed E-state index contributed by atoms with van der Waals surface area (Å²) in [5.74, 6) is 0. The Labute approximate surface area is 108 Å². The van der Waals surface area contributed by atoms with Gasteiger partial charge in [0.05, 0.1) is 0 Å². The summed E-state index contributed by atoms with van der Waals surface area (Å²) in [4.78, 5) is 5.42. The van der Waals surface area contributed by atoms with E-state index in [4.69, 9.17) is 0 Å². The number of piperidine rings is 1. The summed E-state index contributed by atoms with van der Waals surface area (Å²) in [5, 5.41) is 0. The Kier molecular flexibility index (Phi) is 7.87. The van der Waals surface area contributed by atoms with Crippen molar-refractivity contribution in [1.29, 1.82) is 0 Å². The molecule has 0 spiro atoms. The van der Waals surface area contributed by atoms with E-state index in [9.17, 15) is 0 Å². The predicted molar refractivity (Wildman–Crippen MR) is 76.5 cm³/mol. The summed E-state index contributed by atoms with van der Waals surface area (Å²) in [5.41, 5.74) is 0. The third-order valence-corrected chi connectivity index (χ3v) is 3.93. The minimum absolute atomic E-state index is 0.872. The van der Waals surface area contributed by atoms with Crippen molar-refractivity contribution in [2.45, 2.75) is 65.3 Å². The Hall–Kier alpha value is -0.0800. The van der Waals surface area contributed by atoms with Gasteiger partial charge in [-0.2, -0.15) is 0 Å². The second-order valence-corrected chi connectivity index (χ2v) is 5.19. The SMILES string of the molecule is CC.CCCN1CCCCC1CN1CCCC1. The van der Waals surface area contributed by atoms with Crippen LogP contribution in [0.25, 0.3) is 0 Å². The van der Waals surface area contributed by atoms with Crippen LogP contribution < -0.4 is 0 Å². The van der Waals surface area contributed by atoms with Gasteiger partial charge in [0.1, 0.15) is 0 Å². The molecule has 2 fully saturated rings. The van der Waals surface area contributed by atoms with Crippen molar-refractivity contribution < 1.29 is 0 Å². The van der Waals surface area contributed by atoms with Gasteiger partial charge in [0.25, 0.3) is 0 Å². The lowest BCUT2D eigenvalue weighted by atomic mass is 10.0. The second-order valence-electron chi connectivity index (χ2n) is 5.19. The van der Waals surface area contributed by atoms with Crippen molar-refractivity contribution in [2.75, 3.05) is 32.7 Å². The molecule has 1 unspecified atom stereocenters. The van der Waals surface area contributed by atoms with Crippen molar-refractivity contribution in [2.24, 2.45) is 0 Å². The van der Waals surface area contributed by atoms with Crippen LogP contribution in [0.2, 0.25) is 0 Å². The Morgan fingerprint density at radius 3 is 2.24 bits per heavy atom. The van der Waals surface area contributed by atoms with Gasteiger partial charge in [-0.15, -0.1) is 0 Å². The monoisotopic (exact) mass is 240 g/mol. The lowest BCUT2D eigenvalue weighted by molar-refractivity contribution is 0.113. The standard InChI is InChI=1S/C13H26N2.C2H6/c1-2-8-15-11-4-3-7-13(15)12-14-9-5-6-10-14;1-2/h13H,2-12H2,1H3;1-2H3. The molecule has 2 nitrogen and oxygen atoms in total. The minimum Gasteiger partial charge on any atom is -0.302 e. The molecular formula is C15H32N2. The molecule has 0 saturated carbocycles. The first-order valence-electron chi connectivity index (χ1n) is 7.86. The van der Waals surface area contributed by atoms with E-state index in [2.05, 4.69) is 16.7 Å². The fourth-order valence-corrected chi connectivity index (χ4v) is 3.11.